The standard InChI is InChI=1S/C17H30N2S/c1-13(12-19-8-6-5-7-9-19)11-18-15(3)17-10-14(2)20-16(17)4/h10,13,15,18H,5-9,11-12H2,1-4H3. The van der Waals surface area contributed by atoms with Crippen LogP contribution < -0.4 is 5.32 Å². The molecule has 1 N–H and O–H groups in total. The Morgan fingerprint density at radius 1 is 1.20 bits per heavy atom. The molecule has 1 aromatic rings. The molecule has 2 heterocycles. The highest BCUT2D eigenvalue weighted by Crippen LogP contribution is 2.26. The number of hydrogen-bond donors (Lipinski definition) is 1. The van der Waals surface area contributed by atoms with E-state index in [1.807, 2.05) is 11.3 Å². The Morgan fingerprint density at radius 3 is 2.50 bits per heavy atom. The predicted molar refractivity (Wildman–Crippen MR) is 89.7 cm³/mol. The number of rotatable bonds is 6. The van der Waals surface area contributed by atoms with Crippen molar-refractivity contribution < 1.29 is 0 Å². The van der Waals surface area contributed by atoms with Gasteiger partial charge in [-0.2, -0.15) is 0 Å². The molecular weight excluding hydrogens is 264 g/mol. The molecule has 1 aliphatic heterocycles. The highest BCUT2D eigenvalue weighted by molar-refractivity contribution is 7.12. The molecule has 0 radical (unpaired) electrons. The Labute approximate surface area is 128 Å². The average molecular weight is 295 g/mol. The zero-order valence-corrected chi connectivity index (χ0v) is 14.4. The highest BCUT2D eigenvalue weighted by atomic mass is 32.1. The first-order chi connectivity index (χ1) is 9.56. The van der Waals surface area contributed by atoms with Crippen LogP contribution in [0.5, 0.6) is 0 Å². The molecule has 0 spiro atoms. The molecule has 114 valence electrons. The van der Waals surface area contributed by atoms with Crippen molar-refractivity contribution in [3.05, 3.63) is 21.4 Å². The molecule has 2 unspecified atom stereocenters. The first-order valence-corrected chi connectivity index (χ1v) is 8.90. The highest BCUT2D eigenvalue weighted by Gasteiger charge is 2.15. The topological polar surface area (TPSA) is 15.3 Å². The average Bonchev–Trinajstić information content (AvgIpc) is 2.76. The summed E-state index contributed by atoms with van der Waals surface area (Å²) in [7, 11) is 0. The van der Waals surface area contributed by atoms with Gasteiger partial charge in [0.05, 0.1) is 0 Å². The van der Waals surface area contributed by atoms with Crippen molar-refractivity contribution in [3.8, 4) is 0 Å². The number of aryl methyl sites for hydroxylation is 2. The minimum atomic E-state index is 0.476. The lowest BCUT2D eigenvalue weighted by atomic mass is 10.1. The van der Waals surface area contributed by atoms with Gasteiger partial charge in [0.15, 0.2) is 0 Å². The quantitative estimate of drug-likeness (QED) is 0.848. The molecule has 1 saturated heterocycles. The zero-order valence-electron chi connectivity index (χ0n) is 13.5. The van der Waals surface area contributed by atoms with E-state index in [9.17, 15) is 0 Å². The minimum absolute atomic E-state index is 0.476. The SMILES string of the molecule is Cc1cc(C(C)NCC(C)CN2CCCCC2)c(C)s1. The zero-order chi connectivity index (χ0) is 14.5. The molecule has 2 nitrogen and oxygen atoms in total. The summed E-state index contributed by atoms with van der Waals surface area (Å²) >= 11 is 1.91. The second-order valence-electron chi connectivity index (χ2n) is 6.46. The van der Waals surface area contributed by atoms with Gasteiger partial charge in [0, 0.05) is 22.3 Å². The lowest BCUT2D eigenvalue weighted by Crippen LogP contribution is -2.37. The van der Waals surface area contributed by atoms with Gasteiger partial charge in [-0.05, 0) is 70.8 Å². The normalized spacial score (nSPS) is 20.0. The van der Waals surface area contributed by atoms with Gasteiger partial charge in [0.1, 0.15) is 0 Å². The van der Waals surface area contributed by atoms with Crippen molar-refractivity contribution in [3.63, 3.8) is 0 Å². The summed E-state index contributed by atoms with van der Waals surface area (Å²) in [5.74, 6) is 0.732. The third kappa shape index (κ3) is 4.57. The van der Waals surface area contributed by atoms with Gasteiger partial charge < -0.3 is 10.2 Å². The van der Waals surface area contributed by atoms with Crippen LogP contribution in [0, 0.1) is 19.8 Å². The Morgan fingerprint density at radius 2 is 1.90 bits per heavy atom. The van der Waals surface area contributed by atoms with Crippen LogP contribution in [0.25, 0.3) is 0 Å². The summed E-state index contributed by atoms with van der Waals surface area (Å²) < 4.78 is 0. The van der Waals surface area contributed by atoms with Crippen molar-refractivity contribution >= 4 is 11.3 Å². The summed E-state index contributed by atoms with van der Waals surface area (Å²) in [6.45, 7) is 14.1. The van der Waals surface area contributed by atoms with Crippen LogP contribution in [0.2, 0.25) is 0 Å². The van der Waals surface area contributed by atoms with Crippen molar-refractivity contribution in [2.75, 3.05) is 26.2 Å². The van der Waals surface area contributed by atoms with Crippen LogP contribution in [0.1, 0.15) is 54.5 Å². The number of thiophene rings is 1. The molecule has 0 saturated carbocycles. The van der Waals surface area contributed by atoms with Gasteiger partial charge >= 0.3 is 0 Å². The third-order valence-electron chi connectivity index (χ3n) is 4.34. The summed E-state index contributed by atoms with van der Waals surface area (Å²) in [4.78, 5) is 5.53. The molecule has 1 fully saturated rings. The van der Waals surface area contributed by atoms with Crippen LogP contribution >= 0.6 is 11.3 Å². The largest absolute Gasteiger partial charge is 0.310 e. The van der Waals surface area contributed by atoms with E-state index >= 15 is 0 Å². The van der Waals surface area contributed by atoms with Crippen LogP contribution in [0.3, 0.4) is 0 Å². The minimum Gasteiger partial charge on any atom is -0.310 e. The third-order valence-corrected chi connectivity index (χ3v) is 5.32. The summed E-state index contributed by atoms with van der Waals surface area (Å²) in [6, 6.07) is 2.82. The van der Waals surface area contributed by atoms with E-state index in [4.69, 9.17) is 0 Å². The molecule has 3 heteroatoms. The van der Waals surface area contributed by atoms with E-state index < -0.39 is 0 Å². The van der Waals surface area contributed by atoms with Crippen molar-refractivity contribution in [2.24, 2.45) is 5.92 Å². The van der Waals surface area contributed by atoms with Crippen LogP contribution in [0.4, 0.5) is 0 Å². The molecule has 0 bridgehead atoms. The summed E-state index contributed by atoms with van der Waals surface area (Å²) in [6.07, 6.45) is 4.21. The van der Waals surface area contributed by atoms with Gasteiger partial charge in [-0.15, -0.1) is 11.3 Å². The maximum absolute atomic E-state index is 3.72. The second kappa shape index (κ2) is 7.58. The van der Waals surface area contributed by atoms with Gasteiger partial charge in [0.25, 0.3) is 0 Å². The fourth-order valence-corrected chi connectivity index (χ4v) is 4.24. The first-order valence-electron chi connectivity index (χ1n) is 8.09. The van der Waals surface area contributed by atoms with E-state index in [1.165, 1.54) is 54.2 Å². The Bertz CT molecular complexity index is 407. The molecular formula is C17H30N2S. The monoisotopic (exact) mass is 294 g/mol. The fourth-order valence-electron chi connectivity index (χ4n) is 3.22. The smallest absolute Gasteiger partial charge is 0.0302 e. The molecule has 0 aliphatic carbocycles. The van der Waals surface area contributed by atoms with Gasteiger partial charge in [-0.1, -0.05) is 13.3 Å². The molecule has 0 aromatic carbocycles. The number of hydrogen-bond acceptors (Lipinski definition) is 3. The first kappa shape index (κ1) is 16.0. The Balaban J connectivity index is 1.74. The summed E-state index contributed by atoms with van der Waals surface area (Å²) in [5, 5.41) is 3.72. The number of nitrogens with one attached hydrogen (secondary N) is 1. The van der Waals surface area contributed by atoms with Crippen LogP contribution in [-0.4, -0.2) is 31.1 Å². The molecule has 20 heavy (non-hydrogen) atoms. The maximum Gasteiger partial charge on any atom is 0.0302 e. The molecule has 2 atom stereocenters. The van der Waals surface area contributed by atoms with Gasteiger partial charge in [-0.25, -0.2) is 0 Å². The fraction of sp³-hybridized carbons (Fsp3) is 0.765. The predicted octanol–water partition coefficient (Wildman–Crippen LogP) is 4.14. The molecule has 0 amide bonds. The van der Waals surface area contributed by atoms with Crippen LogP contribution in [-0.2, 0) is 0 Å². The molecule has 1 aliphatic rings. The maximum atomic E-state index is 3.72. The van der Waals surface area contributed by atoms with Crippen LogP contribution in [0.15, 0.2) is 6.07 Å². The van der Waals surface area contributed by atoms with Crippen molar-refractivity contribution in [1.82, 2.24) is 10.2 Å². The lowest BCUT2D eigenvalue weighted by Gasteiger charge is -2.29. The van der Waals surface area contributed by atoms with Gasteiger partial charge in [-0.3, -0.25) is 0 Å². The lowest BCUT2D eigenvalue weighted by molar-refractivity contribution is 0.197. The number of nitrogens with zero attached hydrogens (tertiary/aromatic N) is 1. The number of piperidine rings is 1. The van der Waals surface area contributed by atoms with E-state index in [1.54, 1.807) is 0 Å². The molecule has 1 aromatic heterocycles. The van der Waals surface area contributed by atoms with E-state index in [0.717, 1.165) is 12.5 Å². The Kier molecular flexibility index (Phi) is 6.06. The summed E-state index contributed by atoms with van der Waals surface area (Å²) in [5.41, 5.74) is 1.48. The Hall–Kier alpha value is -0.380. The van der Waals surface area contributed by atoms with Crippen molar-refractivity contribution in [2.45, 2.75) is 53.0 Å². The van der Waals surface area contributed by atoms with Crippen molar-refractivity contribution in [1.29, 1.82) is 0 Å². The second-order valence-corrected chi connectivity index (χ2v) is 7.93. The van der Waals surface area contributed by atoms with E-state index in [-0.39, 0.29) is 0 Å². The van der Waals surface area contributed by atoms with E-state index in [2.05, 4.69) is 44.0 Å². The number of likely N-dealkylation sites (tertiary alicyclic amines) is 1. The van der Waals surface area contributed by atoms with Gasteiger partial charge in [0.2, 0.25) is 0 Å². The van der Waals surface area contributed by atoms with E-state index in [0.29, 0.717) is 6.04 Å². The molecule has 2 rings (SSSR count).